The Labute approximate surface area is 154 Å². The molecule has 3 atom stereocenters. The van der Waals surface area contributed by atoms with Gasteiger partial charge < -0.3 is 10.1 Å². The number of carbonyl (C=O) groups is 2. The van der Waals surface area contributed by atoms with Gasteiger partial charge in [-0.25, -0.2) is 4.79 Å². The van der Waals surface area contributed by atoms with Gasteiger partial charge in [-0.15, -0.1) is 0 Å². The quantitative estimate of drug-likeness (QED) is 0.794. The number of nitrogens with one attached hydrogen (secondary N) is 1. The van der Waals surface area contributed by atoms with Crippen molar-refractivity contribution in [2.75, 3.05) is 7.11 Å². The van der Waals surface area contributed by atoms with E-state index in [4.69, 9.17) is 9.73 Å². The highest BCUT2D eigenvalue weighted by molar-refractivity contribution is 5.95. The number of methoxy groups -OCH3 is 1. The van der Waals surface area contributed by atoms with Crippen LogP contribution in [0.25, 0.3) is 0 Å². The molecule has 1 fully saturated rings. The van der Waals surface area contributed by atoms with Crippen molar-refractivity contribution < 1.29 is 14.3 Å². The highest BCUT2D eigenvalue weighted by Gasteiger charge is 2.44. The molecule has 0 heterocycles. The highest BCUT2D eigenvalue weighted by Crippen LogP contribution is 2.41. The second-order valence-electron chi connectivity index (χ2n) is 6.69. The minimum atomic E-state index is -0.857. The first-order valence-electron chi connectivity index (χ1n) is 8.80. The molecular weight excluding hydrogens is 330 g/mol. The summed E-state index contributed by atoms with van der Waals surface area (Å²) >= 11 is 0. The molecule has 1 aromatic carbocycles. The van der Waals surface area contributed by atoms with E-state index < -0.39 is 17.4 Å². The molecule has 1 N–H and O–H groups in total. The summed E-state index contributed by atoms with van der Waals surface area (Å²) in [7, 11) is 1.28. The van der Waals surface area contributed by atoms with Crippen molar-refractivity contribution >= 4 is 17.6 Å². The Morgan fingerprint density at radius 2 is 2.08 bits per heavy atom. The van der Waals surface area contributed by atoms with Crippen molar-refractivity contribution in [1.29, 1.82) is 5.26 Å². The largest absolute Gasteiger partial charge is 0.467 e. The molecule has 138 valence electrons. The average molecular weight is 355 g/mol. The maximum absolute atomic E-state index is 12.1. The van der Waals surface area contributed by atoms with Crippen LogP contribution in [-0.2, 0) is 14.3 Å². The van der Waals surface area contributed by atoms with E-state index in [0.717, 1.165) is 24.1 Å². The van der Waals surface area contributed by atoms with E-state index in [1.165, 1.54) is 14.0 Å². The smallest absolute Gasteiger partial charge is 0.328 e. The van der Waals surface area contributed by atoms with Gasteiger partial charge in [-0.2, -0.15) is 5.26 Å². The van der Waals surface area contributed by atoms with Crippen LogP contribution in [0.3, 0.4) is 0 Å². The minimum absolute atomic E-state index is 0.0747. The van der Waals surface area contributed by atoms with Crippen LogP contribution >= 0.6 is 0 Å². The van der Waals surface area contributed by atoms with Crippen molar-refractivity contribution in [2.45, 2.75) is 51.6 Å². The summed E-state index contributed by atoms with van der Waals surface area (Å²) in [5, 5.41) is 12.5. The van der Waals surface area contributed by atoms with Gasteiger partial charge in [0.05, 0.1) is 24.6 Å². The minimum Gasteiger partial charge on any atom is -0.467 e. The summed E-state index contributed by atoms with van der Waals surface area (Å²) in [5.74, 6) is -0.875. The molecule has 1 amide bonds. The van der Waals surface area contributed by atoms with Crippen LogP contribution in [0, 0.1) is 16.7 Å². The number of benzene rings is 1. The van der Waals surface area contributed by atoms with Crippen molar-refractivity contribution in [3.05, 3.63) is 35.9 Å². The van der Waals surface area contributed by atoms with Crippen LogP contribution in [0.15, 0.2) is 35.3 Å². The SMILES string of the molecule is COC(=O)[C@H](C[C@@]1(C#N)CCC/C1=N\[C@@H](C)c1ccccc1)NC(C)=O. The van der Waals surface area contributed by atoms with E-state index in [9.17, 15) is 14.9 Å². The molecule has 1 saturated carbocycles. The molecule has 1 aliphatic carbocycles. The number of rotatable bonds is 6. The maximum atomic E-state index is 12.1. The number of aliphatic imine (C=N–C) groups is 1. The average Bonchev–Trinajstić information content (AvgIpc) is 3.03. The Hall–Kier alpha value is -2.68. The van der Waals surface area contributed by atoms with E-state index >= 15 is 0 Å². The first-order valence-corrected chi connectivity index (χ1v) is 8.80. The number of hydrogen-bond acceptors (Lipinski definition) is 5. The Morgan fingerprint density at radius 1 is 1.38 bits per heavy atom. The molecular formula is C20H25N3O3. The van der Waals surface area contributed by atoms with Gasteiger partial charge in [-0.05, 0) is 31.7 Å². The third-order valence-electron chi connectivity index (χ3n) is 4.83. The van der Waals surface area contributed by atoms with Crippen LogP contribution in [-0.4, -0.2) is 30.7 Å². The molecule has 6 nitrogen and oxygen atoms in total. The van der Waals surface area contributed by atoms with Gasteiger partial charge >= 0.3 is 5.97 Å². The third-order valence-corrected chi connectivity index (χ3v) is 4.83. The summed E-state index contributed by atoms with van der Waals surface area (Å²) in [6, 6.07) is 11.3. The Morgan fingerprint density at radius 3 is 2.65 bits per heavy atom. The Bertz CT molecular complexity index is 724. The van der Waals surface area contributed by atoms with E-state index in [2.05, 4.69) is 11.4 Å². The molecule has 1 aromatic rings. The van der Waals surface area contributed by atoms with Crippen LogP contribution < -0.4 is 5.32 Å². The number of hydrogen-bond donors (Lipinski definition) is 1. The Balaban J connectivity index is 2.29. The normalized spacial score (nSPS) is 23.1. The van der Waals surface area contributed by atoms with E-state index in [1.54, 1.807) is 0 Å². The summed E-state index contributed by atoms with van der Waals surface area (Å²) in [6.45, 7) is 3.34. The lowest BCUT2D eigenvalue weighted by atomic mass is 9.79. The Kier molecular flexibility index (Phi) is 6.51. The topological polar surface area (TPSA) is 91.6 Å². The van der Waals surface area contributed by atoms with Crippen molar-refractivity contribution in [3.63, 3.8) is 0 Å². The molecule has 0 aliphatic heterocycles. The number of nitrogens with zero attached hydrogens (tertiary/aromatic N) is 2. The van der Waals surface area contributed by atoms with Gasteiger partial charge in [0.1, 0.15) is 6.04 Å². The second kappa shape index (κ2) is 8.61. The highest BCUT2D eigenvalue weighted by atomic mass is 16.5. The van der Waals surface area contributed by atoms with Gasteiger partial charge in [-0.3, -0.25) is 9.79 Å². The van der Waals surface area contributed by atoms with Crippen LogP contribution in [0.5, 0.6) is 0 Å². The van der Waals surface area contributed by atoms with Gasteiger partial charge in [0.2, 0.25) is 5.91 Å². The fraction of sp³-hybridized carbons (Fsp3) is 0.500. The van der Waals surface area contributed by atoms with E-state index in [0.29, 0.717) is 6.42 Å². The van der Waals surface area contributed by atoms with E-state index in [1.807, 2.05) is 37.3 Å². The molecule has 1 aliphatic rings. The molecule has 0 radical (unpaired) electrons. The summed E-state index contributed by atoms with van der Waals surface area (Å²) in [4.78, 5) is 28.3. The predicted molar refractivity (Wildman–Crippen MR) is 98.4 cm³/mol. The first kappa shape index (κ1) is 19.6. The molecule has 26 heavy (non-hydrogen) atoms. The van der Waals surface area contributed by atoms with Crippen LogP contribution in [0.2, 0.25) is 0 Å². The molecule has 0 bridgehead atoms. The van der Waals surface area contributed by atoms with Crippen molar-refractivity contribution in [1.82, 2.24) is 5.32 Å². The molecule has 0 saturated heterocycles. The second-order valence-corrected chi connectivity index (χ2v) is 6.69. The molecule has 0 aromatic heterocycles. The zero-order valence-corrected chi connectivity index (χ0v) is 15.5. The van der Waals surface area contributed by atoms with Crippen molar-refractivity contribution in [3.8, 4) is 6.07 Å². The van der Waals surface area contributed by atoms with Crippen molar-refractivity contribution in [2.24, 2.45) is 10.4 Å². The zero-order chi connectivity index (χ0) is 19.2. The third kappa shape index (κ3) is 4.48. The van der Waals surface area contributed by atoms with Gasteiger partial charge in [-0.1, -0.05) is 30.3 Å². The molecule has 6 heteroatoms. The fourth-order valence-corrected chi connectivity index (χ4v) is 3.48. The summed E-state index contributed by atoms with van der Waals surface area (Å²) in [6.07, 6.45) is 2.35. The van der Waals surface area contributed by atoms with Gasteiger partial charge in [0, 0.05) is 19.1 Å². The lowest BCUT2D eigenvalue weighted by Crippen LogP contribution is -2.45. The van der Waals surface area contributed by atoms with Crippen LogP contribution in [0.1, 0.15) is 51.1 Å². The number of nitriles is 1. The van der Waals surface area contributed by atoms with Crippen LogP contribution in [0.4, 0.5) is 0 Å². The van der Waals surface area contributed by atoms with Gasteiger partial charge in [0.15, 0.2) is 0 Å². The molecule has 0 unspecified atom stereocenters. The van der Waals surface area contributed by atoms with Gasteiger partial charge in [0.25, 0.3) is 0 Å². The molecule has 0 spiro atoms. The van der Waals surface area contributed by atoms with E-state index in [-0.39, 0.29) is 18.4 Å². The lowest BCUT2D eigenvalue weighted by molar-refractivity contribution is -0.145. The monoisotopic (exact) mass is 355 g/mol. The zero-order valence-electron chi connectivity index (χ0n) is 15.5. The molecule has 2 rings (SSSR count). The number of carbonyl (C=O) groups excluding carboxylic acids is 2. The number of esters is 1. The maximum Gasteiger partial charge on any atom is 0.328 e. The summed E-state index contributed by atoms with van der Waals surface area (Å²) < 4.78 is 4.80. The standard InChI is InChI=1S/C20H25N3O3/c1-14(16-8-5-4-6-9-16)22-18-10-7-11-20(18,13-21)12-17(19(25)26-3)23-15(2)24/h4-6,8-9,14,17H,7,10-12H2,1-3H3,(H,23,24)/b22-18+/t14-,17-,20+/m0/s1. The number of amides is 1. The predicted octanol–water partition coefficient (Wildman–Crippen LogP) is 2.95. The summed E-state index contributed by atoms with van der Waals surface area (Å²) in [5.41, 5.74) is 1.02. The first-order chi connectivity index (χ1) is 12.4. The fourth-order valence-electron chi connectivity index (χ4n) is 3.48. The lowest BCUT2D eigenvalue weighted by Gasteiger charge is -2.27. The number of ether oxygens (including phenoxy) is 1.